The van der Waals surface area contributed by atoms with E-state index < -0.39 is 0 Å². The van der Waals surface area contributed by atoms with Gasteiger partial charge in [0.25, 0.3) is 5.88 Å². The lowest BCUT2D eigenvalue weighted by molar-refractivity contribution is 0.365. The van der Waals surface area contributed by atoms with Gasteiger partial charge >= 0.3 is 0 Å². The van der Waals surface area contributed by atoms with Gasteiger partial charge in [-0.15, -0.1) is 0 Å². The number of pyridine rings is 1. The number of anilines is 1. The highest BCUT2D eigenvalue weighted by atomic mass is 35.5. The van der Waals surface area contributed by atoms with Gasteiger partial charge in [-0.2, -0.15) is 0 Å². The molecule has 0 saturated carbocycles. The molecule has 0 unspecified atom stereocenters. The maximum Gasteiger partial charge on any atom is 0.252 e. The first-order chi connectivity index (χ1) is 11.0. The van der Waals surface area contributed by atoms with E-state index in [1.165, 1.54) is 12.1 Å². The summed E-state index contributed by atoms with van der Waals surface area (Å²) in [6, 6.07) is 7.99. The van der Waals surface area contributed by atoms with Crippen LogP contribution in [0.15, 0.2) is 41.1 Å². The van der Waals surface area contributed by atoms with Gasteiger partial charge in [0.1, 0.15) is 11.4 Å². The third-order valence-electron chi connectivity index (χ3n) is 3.10. The molecule has 3 rings (SSSR count). The zero-order chi connectivity index (χ0) is 16.4. The van der Waals surface area contributed by atoms with Gasteiger partial charge in [0.05, 0.1) is 23.0 Å². The van der Waals surface area contributed by atoms with Crippen molar-refractivity contribution >= 4 is 28.9 Å². The highest BCUT2D eigenvalue weighted by Crippen LogP contribution is 2.31. The van der Waals surface area contributed by atoms with Crippen LogP contribution in [-0.2, 0) is 6.54 Å². The van der Waals surface area contributed by atoms with Gasteiger partial charge in [0.15, 0.2) is 5.76 Å². The van der Waals surface area contributed by atoms with Crippen LogP contribution in [0, 0.1) is 0 Å². The predicted octanol–water partition coefficient (Wildman–Crippen LogP) is 4.07. The number of phenolic OH excluding ortho intramolecular Hbond substituents is 1. The van der Waals surface area contributed by atoms with E-state index in [4.69, 9.17) is 32.8 Å². The molecule has 3 N–H and O–H groups in total. The molecule has 0 atom stereocenters. The molecule has 8 heteroatoms. The highest BCUT2D eigenvalue weighted by molar-refractivity contribution is 6.35. The topological polar surface area (TPSA) is 91.4 Å². The van der Waals surface area contributed by atoms with Gasteiger partial charge in [-0.05, 0) is 29.4 Å². The molecule has 0 amide bonds. The number of nitrogens with zero attached hydrogens (tertiary/aromatic N) is 2. The number of aromatic nitrogens is 2. The Bertz CT molecular complexity index is 834. The fraction of sp³-hybridized carbons (Fsp3) is 0.0667. The van der Waals surface area contributed by atoms with E-state index in [1.807, 2.05) is 0 Å². The Labute approximate surface area is 141 Å². The first-order valence-corrected chi connectivity index (χ1v) is 7.31. The number of hydrogen-bond donors (Lipinski definition) is 3. The molecule has 0 aliphatic rings. The molecule has 0 spiro atoms. The lowest BCUT2D eigenvalue weighted by Crippen LogP contribution is -2.00. The Balaban J connectivity index is 1.72. The summed E-state index contributed by atoms with van der Waals surface area (Å²) in [6.45, 7) is 0.330. The Morgan fingerprint density at radius 2 is 1.96 bits per heavy atom. The second-order valence-corrected chi connectivity index (χ2v) is 5.57. The number of hydrogen-bond acceptors (Lipinski definition) is 6. The Hall–Kier alpha value is -2.44. The number of nitrogens with one attached hydrogen (secondary N) is 1. The van der Waals surface area contributed by atoms with Crippen LogP contribution in [0.25, 0.3) is 11.5 Å². The Kier molecular flexibility index (Phi) is 4.27. The maximum absolute atomic E-state index is 9.91. The number of rotatable bonds is 4. The minimum atomic E-state index is -0.197. The van der Waals surface area contributed by atoms with Crippen molar-refractivity contribution in [1.82, 2.24) is 10.1 Å². The van der Waals surface area contributed by atoms with E-state index in [0.717, 1.165) is 5.69 Å². The largest absolute Gasteiger partial charge is 0.506 e. The lowest BCUT2D eigenvalue weighted by Gasteiger charge is -2.10. The van der Waals surface area contributed by atoms with Crippen LogP contribution in [0.1, 0.15) is 5.56 Å². The first-order valence-electron chi connectivity index (χ1n) is 6.56. The predicted molar refractivity (Wildman–Crippen MR) is 86.9 cm³/mol. The van der Waals surface area contributed by atoms with Crippen LogP contribution in [0.3, 0.4) is 0 Å². The molecular weight excluding hydrogens is 341 g/mol. The zero-order valence-corrected chi connectivity index (χ0v) is 13.1. The number of phenols is 1. The molecule has 2 aromatic heterocycles. The van der Waals surface area contributed by atoms with Crippen molar-refractivity contribution in [3.05, 3.63) is 52.1 Å². The molecule has 23 heavy (non-hydrogen) atoms. The average molecular weight is 352 g/mol. The van der Waals surface area contributed by atoms with Gasteiger partial charge in [-0.25, -0.2) is 0 Å². The fourth-order valence-electron chi connectivity index (χ4n) is 1.98. The second-order valence-electron chi connectivity index (χ2n) is 4.73. The van der Waals surface area contributed by atoms with Crippen molar-refractivity contribution in [2.45, 2.75) is 6.54 Å². The van der Waals surface area contributed by atoms with Crippen molar-refractivity contribution < 1.29 is 14.7 Å². The van der Waals surface area contributed by atoms with Crippen LogP contribution in [0.2, 0.25) is 10.0 Å². The molecule has 0 bridgehead atoms. The lowest BCUT2D eigenvalue weighted by atomic mass is 10.2. The van der Waals surface area contributed by atoms with E-state index in [2.05, 4.69) is 15.5 Å². The molecule has 0 saturated heterocycles. The maximum atomic E-state index is 9.91. The molecule has 6 nitrogen and oxygen atoms in total. The van der Waals surface area contributed by atoms with Gasteiger partial charge in [-0.1, -0.05) is 23.2 Å². The average Bonchev–Trinajstić information content (AvgIpc) is 2.96. The zero-order valence-electron chi connectivity index (χ0n) is 11.6. The van der Waals surface area contributed by atoms with E-state index in [1.54, 1.807) is 24.4 Å². The van der Waals surface area contributed by atoms with E-state index >= 15 is 0 Å². The summed E-state index contributed by atoms with van der Waals surface area (Å²) in [5.41, 5.74) is 1.84. The summed E-state index contributed by atoms with van der Waals surface area (Å²) >= 11 is 11.8. The second kappa shape index (κ2) is 6.36. The van der Waals surface area contributed by atoms with Crippen molar-refractivity contribution in [3.8, 4) is 23.1 Å². The Morgan fingerprint density at radius 3 is 2.61 bits per heavy atom. The molecule has 0 fully saturated rings. The number of halogens is 2. The monoisotopic (exact) mass is 351 g/mol. The van der Waals surface area contributed by atoms with Crippen LogP contribution in [-0.4, -0.2) is 20.4 Å². The minimum absolute atomic E-state index is 0.00900. The molecular formula is C15H11Cl2N3O3. The van der Waals surface area contributed by atoms with Crippen LogP contribution >= 0.6 is 23.2 Å². The standard InChI is InChI=1S/C15H11Cl2N3O3/c16-9-3-8(15(22)11(17)4-9)6-18-10-1-2-12(19-7-10)13-5-14(21)20-23-13/h1-5,7,18,22H,6H2,(H,20,21). The van der Waals surface area contributed by atoms with Crippen molar-refractivity contribution in [3.63, 3.8) is 0 Å². The molecule has 1 aromatic carbocycles. The minimum Gasteiger partial charge on any atom is -0.506 e. The van der Waals surface area contributed by atoms with Crippen LogP contribution in [0.4, 0.5) is 5.69 Å². The van der Waals surface area contributed by atoms with Gasteiger partial charge < -0.3 is 20.1 Å². The first kappa shape index (κ1) is 15.5. The van der Waals surface area contributed by atoms with E-state index in [-0.39, 0.29) is 16.7 Å². The quantitative estimate of drug-likeness (QED) is 0.656. The number of aromatic hydroxyl groups is 2. The highest BCUT2D eigenvalue weighted by Gasteiger charge is 2.09. The SMILES string of the molecule is Oc1cc(-c2ccc(NCc3cc(Cl)cc(Cl)c3O)cn2)on1. The van der Waals surface area contributed by atoms with E-state index in [9.17, 15) is 5.11 Å². The molecule has 0 aliphatic heterocycles. The molecule has 118 valence electrons. The van der Waals surface area contributed by atoms with Crippen molar-refractivity contribution in [2.24, 2.45) is 0 Å². The smallest absolute Gasteiger partial charge is 0.252 e. The summed E-state index contributed by atoms with van der Waals surface area (Å²) in [6.07, 6.45) is 1.60. The van der Waals surface area contributed by atoms with Gasteiger partial charge in [0.2, 0.25) is 0 Å². The molecule has 0 radical (unpaired) electrons. The summed E-state index contributed by atoms with van der Waals surface area (Å²) in [4.78, 5) is 4.21. The Morgan fingerprint density at radius 1 is 1.13 bits per heavy atom. The summed E-state index contributed by atoms with van der Waals surface area (Å²) in [5, 5.41) is 26.2. The van der Waals surface area contributed by atoms with Gasteiger partial charge in [0, 0.05) is 17.1 Å². The van der Waals surface area contributed by atoms with Crippen molar-refractivity contribution in [1.29, 1.82) is 0 Å². The van der Waals surface area contributed by atoms with E-state index in [0.29, 0.717) is 28.6 Å². The normalized spacial score (nSPS) is 10.7. The molecule has 2 heterocycles. The van der Waals surface area contributed by atoms with Gasteiger partial charge in [-0.3, -0.25) is 4.98 Å². The summed E-state index contributed by atoms with van der Waals surface area (Å²) < 4.78 is 4.92. The summed E-state index contributed by atoms with van der Waals surface area (Å²) in [5.74, 6) is 0.163. The van der Waals surface area contributed by atoms with Crippen LogP contribution in [0.5, 0.6) is 11.6 Å². The fourth-order valence-corrected chi connectivity index (χ4v) is 2.52. The number of benzene rings is 1. The third kappa shape index (κ3) is 3.49. The molecule has 0 aliphatic carbocycles. The molecule has 3 aromatic rings. The summed E-state index contributed by atoms with van der Waals surface area (Å²) in [7, 11) is 0. The van der Waals surface area contributed by atoms with Crippen LogP contribution < -0.4 is 5.32 Å². The third-order valence-corrected chi connectivity index (χ3v) is 3.61. The van der Waals surface area contributed by atoms with Crippen molar-refractivity contribution in [2.75, 3.05) is 5.32 Å².